The predicted molar refractivity (Wildman–Crippen MR) is 333 cm³/mol. The quantitative estimate of drug-likeness (QED) is 0.0320. The van der Waals surface area contributed by atoms with Gasteiger partial charge in [0, 0.05) is 12.8 Å². The smallest absolute Gasteiger partial charge is 0.305 e. The van der Waals surface area contributed by atoms with Crippen LogP contribution in [0.15, 0.2) is 48.6 Å². The van der Waals surface area contributed by atoms with Crippen LogP contribution in [0.25, 0.3) is 0 Å². The van der Waals surface area contributed by atoms with Crippen LogP contribution in [0.3, 0.4) is 0 Å². The molecule has 0 fully saturated rings. The molecule has 6 nitrogen and oxygen atoms in total. The zero-order valence-corrected chi connectivity index (χ0v) is 51.0. The predicted octanol–water partition coefficient (Wildman–Crippen LogP) is 21.7. The van der Waals surface area contributed by atoms with Crippen molar-refractivity contribution in [3.05, 3.63) is 48.6 Å². The third kappa shape index (κ3) is 61.0. The molecule has 76 heavy (non-hydrogen) atoms. The number of esters is 1. The molecule has 0 aliphatic carbocycles. The van der Waals surface area contributed by atoms with Gasteiger partial charge in [-0.15, -0.1) is 0 Å². The molecule has 0 aromatic rings. The maximum atomic E-state index is 12.5. The van der Waals surface area contributed by atoms with Gasteiger partial charge in [0.2, 0.25) is 5.91 Å². The van der Waals surface area contributed by atoms with Crippen molar-refractivity contribution in [1.82, 2.24) is 5.32 Å². The lowest BCUT2D eigenvalue weighted by Gasteiger charge is -2.20. The molecule has 2 atom stereocenters. The van der Waals surface area contributed by atoms with Gasteiger partial charge >= 0.3 is 5.97 Å². The average molecular weight is 1070 g/mol. The van der Waals surface area contributed by atoms with E-state index in [2.05, 4.69) is 55.6 Å². The summed E-state index contributed by atoms with van der Waals surface area (Å²) in [6.45, 7) is 4.89. The Balaban J connectivity index is 3.40. The Labute approximate surface area is 474 Å². The molecule has 0 saturated heterocycles. The fraction of sp³-hybridized carbons (Fsp3) is 0.857. The number of nitrogens with one attached hydrogen (secondary N) is 1. The number of amides is 1. The number of carbonyl (C=O) groups excluding carboxylic acids is 2. The molecule has 2 unspecified atom stereocenters. The summed E-state index contributed by atoms with van der Waals surface area (Å²) in [5.74, 6) is -0.0606. The minimum absolute atomic E-state index is 0.00926. The molecule has 446 valence electrons. The van der Waals surface area contributed by atoms with E-state index >= 15 is 0 Å². The van der Waals surface area contributed by atoms with Crippen LogP contribution in [-0.4, -0.2) is 47.4 Å². The SMILES string of the molecule is CCCCC/C=C\C/C=C\CCCCCCCCCCCC(=O)OCCCCCCCCCCCCCC/C=C\CCCCCCCCCCCC(=O)NC(CO)C(O)/C=C/CCCCCCCCCCCCCCC. The van der Waals surface area contributed by atoms with Gasteiger partial charge in [-0.25, -0.2) is 0 Å². The monoisotopic (exact) mass is 1070 g/mol. The number of aliphatic hydroxyl groups is 2. The Morgan fingerprint density at radius 1 is 0.368 bits per heavy atom. The minimum Gasteiger partial charge on any atom is -0.466 e. The van der Waals surface area contributed by atoms with E-state index in [4.69, 9.17) is 4.74 Å². The van der Waals surface area contributed by atoms with Crippen molar-refractivity contribution in [1.29, 1.82) is 0 Å². The van der Waals surface area contributed by atoms with E-state index in [1.165, 1.54) is 283 Å². The second-order valence-electron chi connectivity index (χ2n) is 23.1. The molecule has 0 radical (unpaired) electrons. The number of hydrogen-bond donors (Lipinski definition) is 3. The molecular formula is C70H131NO5. The average Bonchev–Trinajstić information content (AvgIpc) is 3.42. The lowest BCUT2D eigenvalue weighted by atomic mass is 10.0. The number of unbranched alkanes of at least 4 members (excludes halogenated alkanes) is 46. The number of aliphatic hydroxyl groups excluding tert-OH is 2. The summed E-state index contributed by atoms with van der Waals surface area (Å²) in [6.07, 6.45) is 84.6. The molecule has 1 amide bonds. The Kier molecular flexibility index (Phi) is 63.5. The van der Waals surface area contributed by atoms with E-state index in [0.29, 0.717) is 19.4 Å². The van der Waals surface area contributed by atoms with Gasteiger partial charge in [0.15, 0.2) is 0 Å². The highest BCUT2D eigenvalue weighted by Gasteiger charge is 2.18. The lowest BCUT2D eigenvalue weighted by molar-refractivity contribution is -0.143. The van der Waals surface area contributed by atoms with Gasteiger partial charge in [0.25, 0.3) is 0 Å². The highest BCUT2D eigenvalue weighted by molar-refractivity contribution is 5.76. The first-order chi connectivity index (χ1) is 37.5. The van der Waals surface area contributed by atoms with E-state index in [-0.39, 0.29) is 18.5 Å². The van der Waals surface area contributed by atoms with Crippen LogP contribution in [0.4, 0.5) is 0 Å². The fourth-order valence-corrected chi connectivity index (χ4v) is 10.4. The van der Waals surface area contributed by atoms with E-state index in [0.717, 1.165) is 51.4 Å². The summed E-state index contributed by atoms with van der Waals surface area (Å²) >= 11 is 0. The Bertz CT molecular complexity index is 1270. The Hall–Kier alpha value is -2.18. The van der Waals surface area contributed by atoms with Crippen molar-refractivity contribution in [2.45, 2.75) is 373 Å². The second kappa shape index (κ2) is 65.3. The van der Waals surface area contributed by atoms with Gasteiger partial charge in [-0.1, -0.05) is 306 Å². The summed E-state index contributed by atoms with van der Waals surface area (Å²) in [7, 11) is 0. The van der Waals surface area contributed by atoms with Gasteiger partial charge in [0.05, 0.1) is 25.4 Å². The van der Waals surface area contributed by atoms with Gasteiger partial charge in [0.1, 0.15) is 0 Å². The van der Waals surface area contributed by atoms with Crippen LogP contribution in [0.5, 0.6) is 0 Å². The molecule has 0 aliphatic rings. The maximum Gasteiger partial charge on any atom is 0.305 e. The minimum atomic E-state index is -0.847. The third-order valence-corrected chi connectivity index (χ3v) is 15.6. The molecule has 0 spiro atoms. The summed E-state index contributed by atoms with van der Waals surface area (Å²) in [4.78, 5) is 24.6. The topological polar surface area (TPSA) is 95.9 Å². The molecule has 6 heteroatoms. The van der Waals surface area contributed by atoms with Crippen LogP contribution in [0.1, 0.15) is 361 Å². The van der Waals surface area contributed by atoms with Gasteiger partial charge in [-0.3, -0.25) is 9.59 Å². The van der Waals surface area contributed by atoms with Crippen molar-refractivity contribution in [3.63, 3.8) is 0 Å². The van der Waals surface area contributed by atoms with Crippen molar-refractivity contribution >= 4 is 11.9 Å². The van der Waals surface area contributed by atoms with Crippen LogP contribution >= 0.6 is 0 Å². The zero-order valence-electron chi connectivity index (χ0n) is 51.0. The van der Waals surface area contributed by atoms with Crippen molar-refractivity contribution in [3.8, 4) is 0 Å². The van der Waals surface area contributed by atoms with Gasteiger partial charge in [-0.2, -0.15) is 0 Å². The molecule has 3 N–H and O–H groups in total. The third-order valence-electron chi connectivity index (χ3n) is 15.6. The molecular weight excluding hydrogens is 935 g/mol. The first-order valence-corrected chi connectivity index (χ1v) is 33.9. The second-order valence-corrected chi connectivity index (χ2v) is 23.1. The molecule has 0 bridgehead atoms. The normalized spacial score (nSPS) is 12.8. The summed E-state index contributed by atoms with van der Waals surface area (Å²) < 4.78 is 5.50. The van der Waals surface area contributed by atoms with Crippen molar-refractivity contribution < 1.29 is 24.5 Å². The lowest BCUT2D eigenvalue weighted by Crippen LogP contribution is -2.45. The zero-order chi connectivity index (χ0) is 55.0. The first kappa shape index (κ1) is 73.8. The van der Waals surface area contributed by atoms with E-state index in [1.807, 2.05) is 6.08 Å². The molecule has 0 heterocycles. The first-order valence-electron chi connectivity index (χ1n) is 33.9. The van der Waals surface area contributed by atoms with Crippen LogP contribution in [0, 0.1) is 0 Å². The highest BCUT2D eigenvalue weighted by Crippen LogP contribution is 2.17. The number of ether oxygens (including phenoxy) is 1. The largest absolute Gasteiger partial charge is 0.466 e. The van der Waals surface area contributed by atoms with E-state index in [1.54, 1.807) is 6.08 Å². The molecule has 0 aliphatic heterocycles. The standard InChI is InChI=1S/C70H131NO5/c1-3-5-7-9-11-13-15-17-19-20-28-32-36-40-44-48-52-56-60-64-70(75)76-65-61-57-53-49-45-41-37-33-30-27-25-23-21-22-24-26-29-31-35-39-43-47-51-55-59-63-69(74)71-67(66-72)68(73)62-58-54-50-46-42-38-34-18-16-14-12-10-8-6-4-2/h11,13,17,19,22,24,58,62,67-68,72-73H,3-10,12,14-16,18,20-21,23,25-57,59-61,63-66H2,1-2H3,(H,71,74)/b13-11-,19-17-,24-22-,62-58+. The molecule has 0 aromatic heterocycles. The van der Waals surface area contributed by atoms with Crippen LogP contribution in [-0.2, 0) is 14.3 Å². The summed E-state index contributed by atoms with van der Waals surface area (Å²) in [5, 5.41) is 23.1. The van der Waals surface area contributed by atoms with E-state index in [9.17, 15) is 19.8 Å². The van der Waals surface area contributed by atoms with Crippen molar-refractivity contribution in [2.75, 3.05) is 13.2 Å². The molecule has 0 saturated carbocycles. The van der Waals surface area contributed by atoms with Gasteiger partial charge in [-0.05, 0) is 89.9 Å². The number of rotatable bonds is 63. The van der Waals surface area contributed by atoms with Gasteiger partial charge < -0.3 is 20.3 Å². The highest BCUT2D eigenvalue weighted by atomic mass is 16.5. The van der Waals surface area contributed by atoms with Crippen LogP contribution in [0.2, 0.25) is 0 Å². The molecule has 0 rings (SSSR count). The Morgan fingerprint density at radius 3 is 1.04 bits per heavy atom. The number of allylic oxidation sites excluding steroid dienone is 7. The molecule has 0 aromatic carbocycles. The van der Waals surface area contributed by atoms with E-state index < -0.39 is 12.1 Å². The summed E-state index contributed by atoms with van der Waals surface area (Å²) in [5.41, 5.74) is 0. The fourth-order valence-electron chi connectivity index (χ4n) is 10.4. The Morgan fingerprint density at radius 2 is 0.658 bits per heavy atom. The summed E-state index contributed by atoms with van der Waals surface area (Å²) in [6, 6.07) is -0.631. The maximum absolute atomic E-state index is 12.5. The number of carbonyl (C=O) groups is 2. The van der Waals surface area contributed by atoms with Crippen molar-refractivity contribution in [2.24, 2.45) is 0 Å². The number of hydrogen-bond acceptors (Lipinski definition) is 5. The van der Waals surface area contributed by atoms with Crippen LogP contribution < -0.4 is 5.32 Å².